The van der Waals surface area contributed by atoms with Crippen LogP contribution in [0.15, 0.2) is 29.2 Å². The quantitative estimate of drug-likeness (QED) is 0.783. The Hall–Kier alpha value is -1.69. The van der Waals surface area contributed by atoms with Crippen molar-refractivity contribution in [2.45, 2.75) is 36.7 Å². The fourth-order valence-electron chi connectivity index (χ4n) is 2.10. The van der Waals surface area contributed by atoms with Gasteiger partial charge in [-0.15, -0.1) is 11.8 Å². The highest BCUT2D eigenvalue weighted by Gasteiger charge is 2.38. The van der Waals surface area contributed by atoms with Gasteiger partial charge in [-0.05, 0) is 44.0 Å². The highest BCUT2D eigenvalue weighted by atomic mass is 32.2. The average molecular weight is 309 g/mol. The summed E-state index contributed by atoms with van der Waals surface area (Å²) in [6.07, 6.45) is 1.80. The molecule has 114 valence electrons. The predicted octanol–water partition coefficient (Wildman–Crippen LogP) is 2.25. The van der Waals surface area contributed by atoms with Crippen molar-refractivity contribution in [2.24, 2.45) is 0 Å². The van der Waals surface area contributed by atoms with Gasteiger partial charge >= 0.3 is 5.97 Å². The van der Waals surface area contributed by atoms with Crippen molar-refractivity contribution in [2.75, 3.05) is 12.9 Å². The van der Waals surface area contributed by atoms with Crippen molar-refractivity contribution in [1.82, 2.24) is 4.90 Å². The van der Waals surface area contributed by atoms with Crippen molar-refractivity contribution in [3.8, 4) is 5.75 Å². The molecule has 1 unspecified atom stereocenters. The second-order valence-corrected chi connectivity index (χ2v) is 6.06. The van der Waals surface area contributed by atoms with E-state index in [1.807, 2.05) is 24.3 Å². The third-order valence-electron chi connectivity index (χ3n) is 3.42. The molecule has 1 aliphatic carbocycles. The van der Waals surface area contributed by atoms with Gasteiger partial charge in [-0.25, -0.2) is 4.79 Å². The first kappa shape index (κ1) is 15.7. The number of carboxylic acid groups (broad SMARTS) is 1. The summed E-state index contributed by atoms with van der Waals surface area (Å²) in [7, 11) is 1.60. The first-order valence-electron chi connectivity index (χ1n) is 6.83. The summed E-state index contributed by atoms with van der Waals surface area (Å²) in [6.45, 7) is 1.57. The molecule has 1 aromatic rings. The Kier molecular flexibility index (Phi) is 5.12. The van der Waals surface area contributed by atoms with Gasteiger partial charge in [0.05, 0.1) is 12.9 Å². The number of amides is 1. The van der Waals surface area contributed by atoms with Gasteiger partial charge in [-0.3, -0.25) is 4.79 Å². The van der Waals surface area contributed by atoms with Crippen molar-refractivity contribution in [1.29, 1.82) is 0 Å². The van der Waals surface area contributed by atoms with Crippen molar-refractivity contribution in [3.63, 3.8) is 0 Å². The highest BCUT2D eigenvalue weighted by molar-refractivity contribution is 8.00. The molecule has 6 heteroatoms. The summed E-state index contributed by atoms with van der Waals surface area (Å²) in [4.78, 5) is 25.9. The van der Waals surface area contributed by atoms with E-state index in [0.29, 0.717) is 0 Å². The van der Waals surface area contributed by atoms with E-state index >= 15 is 0 Å². The van der Waals surface area contributed by atoms with Gasteiger partial charge < -0.3 is 14.7 Å². The van der Waals surface area contributed by atoms with Crippen LogP contribution in [0.3, 0.4) is 0 Å². The summed E-state index contributed by atoms with van der Waals surface area (Å²) in [5.41, 5.74) is 0. The van der Waals surface area contributed by atoms with Crippen LogP contribution in [0.5, 0.6) is 5.75 Å². The van der Waals surface area contributed by atoms with E-state index in [1.165, 1.54) is 16.7 Å². The number of hydrogen-bond donors (Lipinski definition) is 1. The van der Waals surface area contributed by atoms with E-state index in [4.69, 9.17) is 9.84 Å². The van der Waals surface area contributed by atoms with Crippen LogP contribution < -0.4 is 4.74 Å². The molecule has 0 aliphatic heterocycles. The van der Waals surface area contributed by atoms with Gasteiger partial charge in [0.25, 0.3) is 0 Å². The van der Waals surface area contributed by atoms with Crippen LogP contribution in [-0.4, -0.2) is 46.8 Å². The molecule has 0 saturated heterocycles. The fraction of sp³-hybridized carbons (Fsp3) is 0.467. The van der Waals surface area contributed by atoms with Crippen LogP contribution in [0.2, 0.25) is 0 Å². The molecule has 1 aliphatic rings. The number of methoxy groups -OCH3 is 1. The average Bonchev–Trinajstić information content (AvgIpc) is 3.30. The molecule has 1 fully saturated rings. The predicted molar refractivity (Wildman–Crippen MR) is 80.7 cm³/mol. The molecule has 21 heavy (non-hydrogen) atoms. The van der Waals surface area contributed by atoms with Crippen LogP contribution in [0, 0.1) is 0 Å². The standard InChI is InChI=1S/C15H19NO4S/c1-10(15(18)19)16(11-3-4-11)14(17)9-21-13-7-5-12(20-2)6-8-13/h5-8,10-11H,3-4,9H2,1-2H3,(H,18,19). The zero-order chi connectivity index (χ0) is 15.4. The molecule has 1 N–H and O–H groups in total. The summed E-state index contributed by atoms with van der Waals surface area (Å²) in [5, 5.41) is 9.11. The van der Waals surface area contributed by atoms with Gasteiger partial charge in [0.15, 0.2) is 0 Å². The van der Waals surface area contributed by atoms with Crippen molar-refractivity contribution >= 4 is 23.6 Å². The molecule has 0 spiro atoms. The minimum Gasteiger partial charge on any atom is -0.497 e. The second-order valence-electron chi connectivity index (χ2n) is 5.01. The summed E-state index contributed by atoms with van der Waals surface area (Å²) >= 11 is 1.41. The van der Waals surface area contributed by atoms with E-state index in [-0.39, 0.29) is 17.7 Å². The number of carboxylic acids is 1. The lowest BCUT2D eigenvalue weighted by molar-refractivity contribution is -0.148. The molecule has 0 aromatic heterocycles. The maximum atomic E-state index is 12.3. The van der Waals surface area contributed by atoms with Crippen LogP contribution in [-0.2, 0) is 9.59 Å². The molecule has 1 amide bonds. The fourth-order valence-corrected chi connectivity index (χ4v) is 2.87. The zero-order valence-electron chi connectivity index (χ0n) is 12.1. The minimum absolute atomic E-state index is 0.0973. The Morgan fingerprint density at radius 3 is 2.48 bits per heavy atom. The molecule has 0 bridgehead atoms. The van der Waals surface area contributed by atoms with E-state index < -0.39 is 12.0 Å². The lowest BCUT2D eigenvalue weighted by Crippen LogP contribution is -2.45. The molecule has 0 radical (unpaired) electrons. The van der Waals surface area contributed by atoms with Crippen LogP contribution in [0.4, 0.5) is 0 Å². The number of thioether (sulfide) groups is 1. The molecular formula is C15H19NO4S. The number of carbonyl (C=O) groups excluding carboxylic acids is 1. The monoisotopic (exact) mass is 309 g/mol. The van der Waals surface area contributed by atoms with Crippen LogP contribution >= 0.6 is 11.8 Å². The summed E-state index contributed by atoms with van der Waals surface area (Å²) in [5.74, 6) is -0.0526. The highest BCUT2D eigenvalue weighted by Crippen LogP contribution is 2.30. The molecule has 2 rings (SSSR count). The third-order valence-corrected chi connectivity index (χ3v) is 4.42. The molecule has 1 aromatic carbocycles. The molecule has 5 nitrogen and oxygen atoms in total. The SMILES string of the molecule is COc1ccc(SCC(=O)N(C2CC2)C(C)C(=O)O)cc1. The van der Waals surface area contributed by atoms with Gasteiger partial charge in [-0.2, -0.15) is 0 Å². The maximum Gasteiger partial charge on any atom is 0.326 e. The lowest BCUT2D eigenvalue weighted by atomic mass is 10.2. The minimum atomic E-state index is -0.954. The third kappa shape index (κ3) is 4.14. The van der Waals surface area contributed by atoms with E-state index in [1.54, 1.807) is 14.0 Å². The van der Waals surface area contributed by atoms with E-state index in [2.05, 4.69) is 0 Å². The number of ether oxygens (including phenoxy) is 1. The zero-order valence-corrected chi connectivity index (χ0v) is 12.9. The molecule has 1 saturated carbocycles. The Morgan fingerprint density at radius 1 is 1.38 bits per heavy atom. The van der Waals surface area contributed by atoms with E-state index in [0.717, 1.165) is 23.5 Å². The Bertz CT molecular complexity index is 513. The summed E-state index contributed by atoms with van der Waals surface area (Å²) < 4.78 is 5.08. The number of benzene rings is 1. The van der Waals surface area contributed by atoms with Crippen molar-refractivity contribution in [3.05, 3.63) is 24.3 Å². The summed E-state index contributed by atoms with van der Waals surface area (Å²) in [6, 6.07) is 6.79. The number of nitrogens with zero attached hydrogens (tertiary/aromatic N) is 1. The van der Waals surface area contributed by atoms with Crippen LogP contribution in [0.1, 0.15) is 19.8 Å². The first-order valence-corrected chi connectivity index (χ1v) is 7.82. The smallest absolute Gasteiger partial charge is 0.326 e. The first-order chi connectivity index (χ1) is 10.0. The van der Waals surface area contributed by atoms with Crippen molar-refractivity contribution < 1.29 is 19.4 Å². The van der Waals surface area contributed by atoms with Gasteiger partial charge in [0.2, 0.25) is 5.91 Å². The van der Waals surface area contributed by atoms with Gasteiger partial charge in [0.1, 0.15) is 11.8 Å². The number of carbonyl (C=O) groups is 2. The van der Waals surface area contributed by atoms with Gasteiger partial charge in [0, 0.05) is 10.9 Å². The van der Waals surface area contributed by atoms with E-state index in [9.17, 15) is 9.59 Å². The Morgan fingerprint density at radius 2 is 2.00 bits per heavy atom. The normalized spacial score (nSPS) is 15.3. The van der Waals surface area contributed by atoms with Gasteiger partial charge in [-0.1, -0.05) is 0 Å². The molecule has 1 atom stereocenters. The number of aliphatic carboxylic acids is 1. The molecule has 0 heterocycles. The number of hydrogen-bond acceptors (Lipinski definition) is 4. The van der Waals surface area contributed by atoms with Crippen LogP contribution in [0.25, 0.3) is 0 Å². The largest absolute Gasteiger partial charge is 0.497 e. The Labute approximate surface area is 128 Å². The topological polar surface area (TPSA) is 66.8 Å². The number of rotatable bonds is 7. The Balaban J connectivity index is 1.93. The maximum absolute atomic E-state index is 12.3. The lowest BCUT2D eigenvalue weighted by Gasteiger charge is -2.26. The molecular weight excluding hydrogens is 290 g/mol. The second kappa shape index (κ2) is 6.85.